The molecule has 0 aromatic carbocycles. The van der Waals surface area contributed by atoms with Crippen molar-refractivity contribution < 1.29 is 0 Å². The number of rotatable bonds is 35. The van der Waals surface area contributed by atoms with Gasteiger partial charge in [0.15, 0.2) is 0 Å². The molecule has 1 heteroatoms. The normalized spacial score (nSPS) is 12.0. The molecule has 0 fully saturated rings. The van der Waals surface area contributed by atoms with Crippen molar-refractivity contribution in [1.82, 2.24) is 0 Å². The van der Waals surface area contributed by atoms with Gasteiger partial charge in [0.05, 0.1) is 0 Å². The third-order valence-electron chi connectivity index (χ3n) is 9.86. The molecule has 0 radical (unpaired) electrons. The molecule has 0 spiro atoms. The van der Waals surface area contributed by atoms with Crippen molar-refractivity contribution in [3.05, 3.63) is 0 Å². The quantitative estimate of drug-likeness (QED) is 0.0762. The van der Waals surface area contributed by atoms with Crippen molar-refractivity contribution in [3.63, 3.8) is 0 Å². The minimum atomic E-state index is 0.551. The van der Waals surface area contributed by atoms with E-state index in [2.05, 4.69) is 20.8 Å². The highest BCUT2D eigenvalue weighted by Crippen LogP contribution is 2.40. The van der Waals surface area contributed by atoms with Crippen LogP contribution in [-0.2, 0) is 0 Å². The van der Waals surface area contributed by atoms with Gasteiger partial charge in [0.1, 0.15) is 0 Å². The van der Waals surface area contributed by atoms with Crippen LogP contribution in [0.2, 0.25) is 0 Å². The molecule has 0 aliphatic carbocycles. The third-order valence-corrected chi connectivity index (χ3v) is 9.86. The van der Waals surface area contributed by atoms with E-state index in [1.165, 1.54) is 218 Å². The lowest BCUT2D eigenvalue weighted by atomic mass is 9.71. The molecule has 242 valence electrons. The molecule has 0 saturated carbocycles. The van der Waals surface area contributed by atoms with Crippen LogP contribution in [-0.4, -0.2) is 6.54 Å². The molecule has 0 aliphatic rings. The summed E-state index contributed by atoms with van der Waals surface area (Å²) >= 11 is 0. The largest absolute Gasteiger partial charge is 0.330 e. The zero-order valence-electron chi connectivity index (χ0n) is 28.8. The van der Waals surface area contributed by atoms with Gasteiger partial charge >= 0.3 is 0 Å². The van der Waals surface area contributed by atoms with Crippen molar-refractivity contribution in [2.24, 2.45) is 11.1 Å². The smallest absolute Gasteiger partial charge is 0.00720 e. The summed E-state index contributed by atoms with van der Waals surface area (Å²) in [4.78, 5) is 0. The van der Waals surface area contributed by atoms with Gasteiger partial charge in [0.2, 0.25) is 0 Å². The molecule has 0 amide bonds. The van der Waals surface area contributed by atoms with Gasteiger partial charge in [0, 0.05) is 0 Å². The third kappa shape index (κ3) is 28.1. The molecule has 0 aromatic rings. The molecule has 1 nitrogen and oxygen atoms in total. The highest BCUT2D eigenvalue weighted by atomic mass is 14.5. The summed E-state index contributed by atoms with van der Waals surface area (Å²) < 4.78 is 0. The Bertz CT molecular complexity index is 384. The fourth-order valence-electron chi connectivity index (χ4n) is 7.02. The van der Waals surface area contributed by atoms with Crippen molar-refractivity contribution in [2.75, 3.05) is 6.54 Å². The number of hydrogen-bond acceptors (Lipinski definition) is 1. The Hall–Kier alpha value is -0.0400. The molecule has 0 bridgehead atoms. The Morgan fingerprint density at radius 3 is 0.675 bits per heavy atom. The molecule has 0 aromatic heterocycles. The van der Waals surface area contributed by atoms with Crippen LogP contribution in [0.15, 0.2) is 0 Å². The molecule has 2 N–H and O–H groups in total. The van der Waals surface area contributed by atoms with Crippen molar-refractivity contribution >= 4 is 0 Å². The van der Waals surface area contributed by atoms with E-state index in [9.17, 15) is 0 Å². The van der Waals surface area contributed by atoms with Gasteiger partial charge in [-0.3, -0.25) is 0 Å². The molecule has 0 rings (SSSR count). The van der Waals surface area contributed by atoms with Crippen molar-refractivity contribution in [1.29, 1.82) is 0 Å². The fourth-order valence-corrected chi connectivity index (χ4v) is 7.02. The minimum Gasteiger partial charge on any atom is -0.330 e. The van der Waals surface area contributed by atoms with Crippen LogP contribution in [0.5, 0.6) is 0 Å². The zero-order chi connectivity index (χ0) is 29.2. The van der Waals surface area contributed by atoms with Crippen molar-refractivity contribution in [2.45, 2.75) is 239 Å². The second-order valence-corrected chi connectivity index (χ2v) is 13.8. The van der Waals surface area contributed by atoms with E-state index in [0.717, 1.165) is 6.54 Å². The summed E-state index contributed by atoms with van der Waals surface area (Å²) in [5.41, 5.74) is 6.83. The van der Waals surface area contributed by atoms with E-state index in [1.807, 2.05) is 0 Å². The van der Waals surface area contributed by atoms with E-state index in [1.54, 1.807) is 0 Å². The van der Waals surface area contributed by atoms with Crippen molar-refractivity contribution in [3.8, 4) is 0 Å². The summed E-state index contributed by atoms with van der Waals surface area (Å²) in [5, 5.41) is 0. The molecular weight excluding hydrogens is 482 g/mol. The average molecular weight is 564 g/mol. The van der Waals surface area contributed by atoms with Crippen LogP contribution in [0, 0.1) is 5.41 Å². The first-order valence-corrected chi connectivity index (χ1v) is 19.4. The molecule has 0 aliphatic heterocycles. The van der Waals surface area contributed by atoms with Gasteiger partial charge in [0.25, 0.3) is 0 Å². The maximum absolute atomic E-state index is 6.27. The molecule has 0 heterocycles. The molecule has 0 atom stereocenters. The lowest BCUT2D eigenvalue weighted by Crippen LogP contribution is -2.25. The van der Waals surface area contributed by atoms with Crippen LogP contribution in [0.3, 0.4) is 0 Å². The molecule has 40 heavy (non-hydrogen) atoms. The predicted octanol–water partition coefficient (Wildman–Crippen LogP) is 14.3. The first kappa shape index (κ1) is 40.0. The maximum atomic E-state index is 6.27. The Morgan fingerprint density at radius 2 is 0.475 bits per heavy atom. The first-order chi connectivity index (χ1) is 19.7. The first-order valence-electron chi connectivity index (χ1n) is 19.4. The Labute approximate surface area is 256 Å². The highest BCUT2D eigenvalue weighted by Gasteiger charge is 2.27. The number of unbranched alkanes of at least 4 members (excludes halogenated alkanes) is 27. The summed E-state index contributed by atoms with van der Waals surface area (Å²) in [5.74, 6) is 0. The Morgan fingerprint density at radius 1 is 0.275 bits per heavy atom. The van der Waals surface area contributed by atoms with Gasteiger partial charge in [-0.2, -0.15) is 0 Å². The topological polar surface area (TPSA) is 26.0 Å². The van der Waals surface area contributed by atoms with E-state index in [4.69, 9.17) is 5.73 Å². The van der Waals surface area contributed by atoms with Crippen LogP contribution >= 0.6 is 0 Å². The molecule has 0 unspecified atom stereocenters. The van der Waals surface area contributed by atoms with Gasteiger partial charge in [-0.1, -0.05) is 213 Å². The summed E-state index contributed by atoms with van der Waals surface area (Å²) in [6.45, 7) is 7.85. The SMILES string of the molecule is CCCCCCCCCCCCC(CCN)(CCCCCCCCCCCC)CCCCCCCCCCCC. The number of hydrogen-bond donors (Lipinski definition) is 1. The maximum Gasteiger partial charge on any atom is -0.00720 e. The lowest BCUT2D eigenvalue weighted by molar-refractivity contribution is 0.181. The zero-order valence-corrected chi connectivity index (χ0v) is 28.8. The summed E-state index contributed by atoms with van der Waals surface area (Å²) in [6, 6.07) is 0. The predicted molar refractivity (Wildman–Crippen MR) is 185 cm³/mol. The van der Waals surface area contributed by atoms with Crippen LogP contribution in [0.25, 0.3) is 0 Å². The van der Waals surface area contributed by atoms with Gasteiger partial charge in [-0.05, 0) is 37.6 Å². The monoisotopic (exact) mass is 564 g/mol. The summed E-state index contributed by atoms with van der Waals surface area (Å²) in [6.07, 6.45) is 49.1. The Kier molecular flexibility index (Phi) is 33.4. The van der Waals surface area contributed by atoms with E-state index < -0.39 is 0 Å². The fraction of sp³-hybridized carbons (Fsp3) is 1.00. The van der Waals surface area contributed by atoms with Crippen LogP contribution in [0.4, 0.5) is 0 Å². The van der Waals surface area contributed by atoms with E-state index in [0.29, 0.717) is 5.41 Å². The van der Waals surface area contributed by atoms with Gasteiger partial charge < -0.3 is 5.73 Å². The van der Waals surface area contributed by atoms with E-state index in [-0.39, 0.29) is 0 Å². The Balaban J connectivity index is 4.36. The average Bonchev–Trinajstić information content (AvgIpc) is 2.96. The van der Waals surface area contributed by atoms with Gasteiger partial charge in [-0.15, -0.1) is 0 Å². The highest BCUT2D eigenvalue weighted by molar-refractivity contribution is 4.80. The second kappa shape index (κ2) is 33.5. The van der Waals surface area contributed by atoms with E-state index >= 15 is 0 Å². The standard InChI is InChI=1S/C39H81N/c1-4-7-10-13-16-19-22-25-28-31-34-39(37-38-40,35-32-29-26-23-20-17-14-11-8-5-2)36-33-30-27-24-21-18-15-12-9-6-3/h4-38,40H2,1-3H3. The minimum absolute atomic E-state index is 0.551. The molecular formula is C39H81N. The molecule has 0 saturated heterocycles. The summed E-state index contributed by atoms with van der Waals surface area (Å²) in [7, 11) is 0. The lowest BCUT2D eigenvalue weighted by Gasteiger charge is -2.34. The van der Waals surface area contributed by atoms with Gasteiger partial charge in [-0.25, -0.2) is 0 Å². The second-order valence-electron chi connectivity index (χ2n) is 13.8. The van der Waals surface area contributed by atoms with Crippen LogP contribution in [0.1, 0.15) is 239 Å². The van der Waals surface area contributed by atoms with Crippen LogP contribution < -0.4 is 5.73 Å². The number of nitrogens with two attached hydrogens (primary N) is 1.